The van der Waals surface area contributed by atoms with Crippen LogP contribution in [0.1, 0.15) is 12.0 Å². The molecule has 0 aliphatic heterocycles. The van der Waals surface area contributed by atoms with Crippen molar-refractivity contribution in [3.8, 4) is 11.3 Å². The van der Waals surface area contributed by atoms with Crippen molar-refractivity contribution in [2.75, 3.05) is 5.32 Å². The Hall–Kier alpha value is -2.37. The van der Waals surface area contributed by atoms with E-state index in [2.05, 4.69) is 20.5 Å². The summed E-state index contributed by atoms with van der Waals surface area (Å²) < 4.78 is 0. The smallest absolute Gasteiger partial charge is 0.225 e. The molecule has 2 heterocycles. The number of amides is 1. The number of halogens is 2. The van der Waals surface area contributed by atoms with Gasteiger partial charge in [-0.2, -0.15) is 5.10 Å². The third kappa shape index (κ3) is 3.93. The number of nitrogens with one attached hydrogen (secondary N) is 2. The second-order valence-electron chi connectivity index (χ2n) is 5.17. The summed E-state index contributed by atoms with van der Waals surface area (Å²) in [6, 6.07) is 11.0. The lowest BCUT2D eigenvalue weighted by Gasteiger charge is -2.04. The van der Waals surface area contributed by atoms with Gasteiger partial charge in [-0.05, 0) is 36.2 Å². The maximum absolute atomic E-state index is 12.1. The van der Waals surface area contributed by atoms with Crippen LogP contribution in [-0.2, 0) is 11.2 Å². The number of hydrogen-bond acceptors (Lipinski definition) is 3. The van der Waals surface area contributed by atoms with E-state index in [4.69, 9.17) is 23.2 Å². The molecular weight excluding hydrogens is 347 g/mol. The first-order chi connectivity index (χ1) is 11.6. The average Bonchev–Trinajstić information content (AvgIpc) is 2.96. The highest BCUT2D eigenvalue weighted by molar-refractivity contribution is 6.36. The third-order valence-corrected chi connectivity index (χ3v) is 4.10. The molecule has 0 fully saturated rings. The predicted molar refractivity (Wildman–Crippen MR) is 95.2 cm³/mol. The predicted octanol–water partition coefficient (Wildman–Crippen LogP) is 4.35. The Balaban J connectivity index is 1.63. The van der Waals surface area contributed by atoms with Gasteiger partial charge in [-0.25, -0.2) is 0 Å². The summed E-state index contributed by atoms with van der Waals surface area (Å²) in [5, 5.41) is 10.7. The zero-order valence-corrected chi connectivity index (χ0v) is 14.1. The van der Waals surface area contributed by atoms with Gasteiger partial charge in [0.2, 0.25) is 5.91 Å². The Morgan fingerprint density at radius 3 is 2.50 bits per heavy atom. The van der Waals surface area contributed by atoms with Crippen LogP contribution in [0.3, 0.4) is 0 Å². The minimum atomic E-state index is -0.142. The lowest BCUT2D eigenvalue weighted by Crippen LogP contribution is -2.12. The van der Waals surface area contributed by atoms with Crippen molar-refractivity contribution in [1.82, 2.24) is 15.2 Å². The molecule has 2 N–H and O–H groups in total. The first kappa shape index (κ1) is 16.5. The molecule has 3 aromatic rings. The van der Waals surface area contributed by atoms with Gasteiger partial charge in [0, 0.05) is 29.4 Å². The standard InChI is InChI=1S/C17H14Cl2N4O/c18-13-4-1-11(2-5-13)3-6-14(24)21-17-15(19)16(22-23-17)12-7-9-20-10-8-12/h1-2,4-5,7-10H,3,6H2,(H2,21,22,23,24). The fraction of sp³-hybridized carbons (Fsp3) is 0.118. The highest BCUT2D eigenvalue weighted by atomic mass is 35.5. The lowest BCUT2D eigenvalue weighted by molar-refractivity contribution is -0.116. The zero-order chi connectivity index (χ0) is 16.9. The van der Waals surface area contributed by atoms with Crippen molar-refractivity contribution in [2.45, 2.75) is 12.8 Å². The van der Waals surface area contributed by atoms with Crippen molar-refractivity contribution in [1.29, 1.82) is 0 Å². The zero-order valence-electron chi connectivity index (χ0n) is 12.6. The van der Waals surface area contributed by atoms with Crippen LogP contribution >= 0.6 is 23.2 Å². The van der Waals surface area contributed by atoms with Crippen molar-refractivity contribution >= 4 is 34.9 Å². The molecule has 1 aromatic carbocycles. The summed E-state index contributed by atoms with van der Waals surface area (Å²) in [6.07, 6.45) is 4.27. The van der Waals surface area contributed by atoms with E-state index in [-0.39, 0.29) is 5.91 Å². The van der Waals surface area contributed by atoms with E-state index in [9.17, 15) is 4.79 Å². The van der Waals surface area contributed by atoms with Gasteiger partial charge >= 0.3 is 0 Å². The summed E-state index contributed by atoms with van der Waals surface area (Å²) in [5.41, 5.74) is 2.45. The molecule has 0 aliphatic rings. The average molecular weight is 361 g/mol. The number of carbonyl (C=O) groups excluding carboxylic acids is 1. The van der Waals surface area contributed by atoms with Gasteiger partial charge in [-0.1, -0.05) is 35.3 Å². The molecule has 0 spiro atoms. The first-order valence-corrected chi connectivity index (χ1v) is 8.07. The van der Waals surface area contributed by atoms with Crippen LogP contribution in [0.5, 0.6) is 0 Å². The normalized spacial score (nSPS) is 10.6. The minimum absolute atomic E-state index is 0.142. The van der Waals surface area contributed by atoms with Crippen molar-refractivity contribution in [3.05, 3.63) is 64.4 Å². The summed E-state index contributed by atoms with van der Waals surface area (Å²) >= 11 is 12.1. The van der Waals surface area contributed by atoms with Crippen LogP contribution in [0.2, 0.25) is 10.0 Å². The van der Waals surface area contributed by atoms with Gasteiger partial charge < -0.3 is 5.32 Å². The van der Waals surface area contributed by atoms with Gasteiger partial charge in [0.05, 0.1) is 0 Å². The van der Waals surface area contributed by atoms with Gasteiger partial charge in [0.25, 0.3) is 0 Å². The molecule has 0 saturated heterocycles. The Morgan fingerprint density at radius 2 is 1.79 bits per heavy atom. The number of pyridine rings is 1. The number of hydrogen-bond donors (Lipinski definition) is 2. The number of nitrogens with zero attached hydrogens (tertiary/aromatic N) is 2. The summed E-state index contributed by atoms with van der Waals surface area (Å²) in [4.78, 5) is 16.1. The molecule has 1 amide bonds. The maximum Gasteiger partial charge on any atom is 0.225 e. The topological polar surface area (TPSA) is 70.7 Å². The number of aromatic amines is 1. The van der Waals surface area contributed by atoms with E-state index in [0.717, 1.165) is 11.1 Å². The SMILES string of the molecule is O=C(CCc1ccc(Cl)cc1)Nc1[nH]nc(-c2ccncc2)c1Cl. The minimum Gasteiger partial charge on any atom is -0.310 e. The molecule has 5 nitrogen and oxygen atoms in total. The van der Waals surface area contributed by atoms with Crippen molar-refractivity contribution in [3.63, 3.8) is 0 Å². The second-order valence-corrected chi connectivity index (χ2v) is 5.99. The van der Waals surface area contributed by atoms with Crippen LogP contribution in [0, 0.1) is 0 Å². The van der Waals surface area contributed by atoms with Crippen LogP contribution < -0.4 is 5.32 Å². The number of rotatable bonds is 5. The quantitative estimate of drug-likeness (QED) is 0.710. The molecule has 24 heavy (non-hydrogen) atoms. The molecule has 0 bridgehead atoms. The molecule has 0 saturated carbocycles. The number of carbonyl (C=O) groups is 1. The van der Waals surface area contributed by atoms with Crippen molar-refractivity contribution < 1.29 is 4.79 Å². The maximum atomic E-state index is 12.1. The van der Waals surface area contributed by atoms with Gasteiger partial charge in [0.1, 0.15) is 16.5 Å². The largest absolute Gasteiger partial charge is 0.310 e. The summed E-state index contributed by atoms with van der Waals surface area (Å²) in [6.45, 7) is 0. The number of aryl methyl sites for hydroxylation is 1. The number of H-pyrrole nitrogens is 1. The number of aromatic nitrogens is 3. The van der Waals surface area contributed by atoms with E-state index in [1.54, 1.807) is 24.5 Å². The van der Waals surface area contributed by atoms with Crippen LogP contribution in [0.4, 0.5) is 5.82 Å². The number of benzene rings is 1. The Morgan fingerprint density at radius 1 is 1.08 bits per heavy atom. The third-order valence-electron chi connectivity index (χ3n) is 3.48. The monoisotopic (exact) mass is 360 g/mol. The van der Waals surface area contributed by atoms with Gasteiger partial charge in [0.15, 0.2) is 0 Å². The van der Waals surface area contributed by atoms with Gasteiger partial charge in [-0.15, -0.1) is 0 Å². The fourth-order valence-corrected chi connectivity index (χ4v) is 2.59. The molecule has 2 aromatic heterocycles. The molecule has 3 rings (SSSR count). The Bertz CT molecular complexity index is 832. The van der Waals surface area contributed by atoms with E-state index in [0.29, 0.717) is 34.4 Å². The van der Waals surface area contributed by atoms with Crippen LogP contribution in [0.25, 0.3) is 11.3 Å². The summed E-state index contributed by atoms with van der Waals surface area (Å²) in [5.74, 6) is 0.251. The fourth-order valence-electron chi connectivity index (χ4n) is 2.22. The van der Waals surface area contributed by atoms with Crippen LogP contribution in [-0.4, -0.2) is 21.1 Å². The molecule has 0 unspecified atom stereocenters. The van der Waals surface area contributed by atoms with Gasteiger partial charge in [-0.3, -0.25) is 14.9 Å². The second kappa shape index (κ2) is 7.47. The molecule has 0 atom stereocenters. The van der Waals surface area contributed by atoms with E-state index < -0.39 is 0 Å². The van der Waals surface area contributed by atoms with E-state index >= 15 is 0 Å². The highest BCUT2D eigenvalue weighted by Crippen LogP contribution is 2.31. The number of anilines is 1. The van der Waals surface area contributed by atoms with E-state index in [1.165, 1.54) is 0 Å². The molecule has 0 radical (unpaired) electrons. The molecular formula is C17H14Cl2N4O. The Labute approximate surface area is 149 Å². The first-order valence-electron chi connectivity index (χ1n) is 7.32. The van der Waals surface area contributed by atoms with Crippen LogP contribution in [0.15, 0.2) is 48.8 Å². The Kier molecular flexibility index (Phi) is 5.13. The lowest BCUT2D eigenvalue weighted by atomic mass is 10.1. The van der Waals surface area contributed by atoms with E-state index in [1.807, 2.05) is 24.3 Å². The molecule has 7 heteroatoms. The molecule has 122 valence electrons. The summed E-state index contributed by atoms with van der Waals surface area (Å²) in [7, 11) is 0. The highest BCUT2D eigenvalue weighted by Gasteiger charge is 2.14. The molecule has 0 aliphatic carbocycles. The van der Waals surface area contributed by atoms with Crippen molar-refractivity contribution in [2.24, 2.45) is 0 Å².